The third-order valence-electron chi connectivity index (χ3n) is 4.38. The van der Waals surface area contributed by atoms with Crippen LogP contribution in [-0.4, -0.2) is 25.1 Å². The summed E-state index contributed by atoms with van der Waals surface area (Å²) in [6, 6.07) is 7.75. The highest BCUT2D eigenvalue weighted by Crippen LogP contribution is 2.25. The van der Waals surface area contributed by atoms with Crippen LogP contribution in [0.4, 0.5) is 5.69 Å². The van der Waals surface area contributed by atoms with Crippen LogP contribution in [0.25, 0.3) is 0 Å². The van der Waals surface area contributed by atoms with Gasteiger partial charge in [-0.05, 0) is 75.4 Å². The van der Waals surface area contributed by atoms with Crippen molar-refractivity contribution in [1.82, 2.24) is 5.32 Å². The molecule has 4 nitrogen and oxygen atoms in total. The summed E-state index contributed by atoms with van der Waals surface area (Å²) in [5, 5.41) is 6.25. The van der Waals surface area contributed by atoms with Crippen LogP contribution in [0.1, 0.15) is 38.5 Å². The van der Waals surface area contributed by atoms with Gasteiger partial charge in [0.15, 0.2) is 0 Å². The Kier molecular flexibility index (Phi) is 6.52. The molecule has 3 rings (SSSR count). The van der Waals surface area contributed by atoms with Crippen LogP contribution in [0.2, 0.25) is 0 Å². The molecule has 2 aliphatic rings. The average Bonchev–Trinajstić information content (AvgIpc) is 3.14. The Morgan fingerprint density at radius 1 is 1.18 bits per heavy atom. The molecule has 1 amide bonds. The number of halogens is 1. The summed E-state index contributed by atoms with van der Waals surface area (Å²) >= 11 is 0. The molecule has 1 heterocycles. The molecule has 0 radical (unpaired) electrons. The Morgan fingerprint density at radius 3 is 2.55 bits per heavy atom. The first-order chi connectivity index (χ1) is 10.3. The van der Waals surface area contributed by atoms with E-state index in [1.54, 1.807) is 0 Å². The molecule has 1 aromatic carbocycles. The van der Waals surface area contributed by atoms with Crippen molar-refractivity contribution < 1.29 is 9.53 Å². The molecule has 22 heavy (non-hydrogen) atoms. The maximum absolute atomic E-state index is 12.0. The molecule has 1 atom stereocenters. The summed E-state index contributed by atoms with van der Waals surface area (Å²) in [6.07, 6.45) is 6.95. The lowest BCUT2D eigenvalue weighted by Crippen LogP contribution is -2.18. The highest BCUT2D eigenvalue weighted by molar-refractivity contribution is 5.90. The zero-order valence-corrected chi connectivity index (χ0v) is 13.7. The van der Waals surface area contributed by atoms with Crippen LogP contribution in [0, 0.1) is 5.92 Å². The normalized spacial score (nSPS) is 21.4. The number of carbonyl (C=O) groups is 1. The molecule has 2 fully saturated rings. The number of anilines is 1. The molecule has 5 heteroatoms. The Morgan fingerprint density at radius 2 is 1.91 bits per heavy atom. The first-order valence-electron chi connectivity index (χ1n) is 8.07. The lowest BCUT2D eigenvalue weighted by Gasteiger charge is -2.14. The van der Waals surface area contributed by atoms with E-state index in [9.17, 15) is 4.79 Å². The number of nitrogens with one attached hydrogen (secondary N) is 2. The zero-order valence-electron chi connectivity index (χ0n) is 12.8. The van der Waals surface area contributed by atoms with Gasteiger partial charge in [0, 0.05) is 12.1 Å². The summed E-state index contributed by atoms with van der Waals surface area (Å²) in [5.41, 5.74) is 0.852. The topological polar surface area (TPSA) is 50.4 Å². The first-order valence-corrected chi connectivity index (χ1v) is 8.07. The second kappa shape index (κ2) is 8.39. The maximum Gasteiger partial charge on any atom is 0.224 e. The van der Waals surface area contributed by atoms with Crippen molar-refractivity contribution in [3.63, 3.8) is 0 Å². The highest BCUT2D eigenvalue weighted by Gasteiger charge is 2.18. The van der Waals surface area contributed by atoms with Crippen molar-refractivity contribution in [1.29, 1.82) is 0 Å². The molecule has 122 valence electrons. The highest BCUT2D eigenvalue weighted by atomic mass is 35.5. The van der Waals surface area contributed by atoms with E-state index in [1.807, 2.05) is 24.3 Å². The summed E-state index contributed by atoms with van der Waals surface area (Å²) in [7, 11) is 0. The number of hydrogen-bond donors (Lipinski definition) is 2. The number of carbonyl (C=O) groups excluding carboxylic acids is 1. The number of hydrogen-bond acceptors (Lipinski definition) is 3. The Bertz CT molecular complexity index is 466. The summed E-state index contributed by atoms with van der Waals surface area (Å²) < 4.78 is 5.92. The molecule has 1 aliphatic heterocycles. The van der Waals surface area contributed by atoms with E-state index >= 15 is 0 Å². The molecule has 1 aromatic rings. The minimum Gasteiger partial charge on any atom is -0.490 e. The number of ether oxygens (including phenoxy) is 1. The average molecular weight is 325 g/mol. The van der Waals surface area contributed by atoms with Gasteiger partial charge < -0.3 is 15.4 Å². The Hall–Kier alpha value is -1.26. The van der Waals surface area contributed by atoms with Gasteiger partial charge in [-0.25, -0.2) is 0 Å². The van der Waals surface area contributed by atoms with E-state index in [0.717, 1.165) is 43.8 Å². The Balaban J connectivity index is 0.00000176. The van der Waals surface area contributed by atoms with Crippen molar-refractivity contribution in [2.24, 2.45) is 5.92 Å². The maximum atomic E-state index is 12.0. The van der Waals surface area contributed by atoms with Crippen molar-refractivity contribution in [3.8, 4) is 5.75 Å². The fraction of sp³-hybridized carbons (Fsp3) is 0.588. The second-order valence-electron chi connectivity index (χ2n) is 6.16. The SMILES string of the molecule is Cl.O=C(CC1CCNC1)Nc1ccc(OC2CCCC2)cc1. The zero-order chi connectivity index (χ0) is 14.5. The minimum atomic E-state index is 0. The standard InChI is InChI=1S/C17H24N2O2.ClH/c20-17(11-13-9-10-18-12-13)19-14-5-7-16(8-6-14)21-15-3-1-2-4-15;/h5-8,13,15,18H,1-4,9-12H2,(H,19,20);1H. The van der Waals surface area contributed by atoms with Gasteiger partial charge in [-0.2, -0.15) is 0 Å². The Labute approximate surface area is 138 Å². The van der Waals surface area contributed by atoms with Crippen LogP contribution in [-0.2, 0) is 4.79 Å². The quantitative estimate of drug-likeness (QED) is 0.873. The lowest BCUT2D eigenvalue weighted by molar-refractivity contribution is -0.116. The number of benzene rings is 1. The van der Waals surface area contributed by atoms with Gasteiger partial charge in [-0.3, -0.25) is 4.79 Å². The summed E-state index contributed by atoms with van der Waals surface area (Å²) in [4.78, 5) is 12.0. The monoisotopic (exact) mass is 324 g/mol. The van der Waals surface area contributed by atoms with Gasteiger partial charge in [0.2, 0.25) is 5.91 Å². The molecular weight excluding hydrogens is 300 g/mol. The second-order valence-corrected chi connectivity index (χ2v) is 6.16. The molecule has 1 saturated carbocycles. The third kappa shape index (κ3) is 4.89. The lowest BCUT2D eigenvalue weighted by atomic mass is 10.0. The fourth-order valence-electron chi connectivity index (χ4n) is 3.18. The van der Waals surface area contributed by atoms with Gasteiger partial charge in [0.1, 0.15) is 5.75 Å². The minimum absolute atomic E-state index is 0. The molecule has 0 spiro atoms. The summed E-state index contributed by atoms with van der Waals surface area (Å²) in [5.74, 6) is 1.49. The molecular formula is C17H25ClN2O2. The van der Waals surface area contributed by atoms with E-state index in [0.29, 0.717) is 18.4 Å². The van der Waals surface area contributed by atoms with E-state index in [2.05, 4.69) is 10.6 Å². The molecule has 0 aromatic heterocycles. The molecule has 1 saturated heterocycles. The van der Waals surface area contributed by atoms with Crippen molar-refractivity contribution in [2.45, 2.75) is 44.6 Å². The van der Waals surface area contributed by atoms with Gasteiger partial charge in [-0.1, -0.05) is 0 Å². The first kappa shape index (κ1) is 17.1. The van der Waals surface area contributed by atoms with Crippen molar-refractivity contribution >= 4 is 24.0 Å². The predicted octanol–water partition coefficient (Wildman–Crippen LogP) is 3.37. The third-order valence-corrected chi connectivity index (χ3v) is 4.38. The van der Waals surface area contributed by atoms with Gasteiger partial charge in [0.25, 0.3) is 0 Å². The van der Waals surface area contributed by atoms with E-state index < -0.39 is 0 Å². The molecule has 2 N–H and O–H groups in total. The molecule has 0 bridgehead atoms. The van der Waals surface area contributed by atoms with Crippen LogP contribution >= 0.6 is 12.4 Å². The van der Waals surface area contributed by atoms with Crippen LogP contribution < -0.4 is 15.4 Å². The van der Waals surface area contributed by atoms with E-state index in [4.69, 9.17) is 4.74 Å². The molecule has 1 aliphatic carbocycles. The number of rotatable bonds is 5. The van der Waals surface area contributed by atoms with Crippen molar-refractivity contribution in [2.75, 3.05) is 18.4 Å². The van der Waals surface area contributed by atoms with Gasteiger partial charge in [-0.15, -0.1) is 12.4 Å². The van der Waals surface area contributed by atoms with Gasteiger partial charge >= 0.3 is 0 Å². The largest absolute Gasteiger partial charge is 0.490 e. The van der Waals surface area contributed by atoms with Crippen LogP contribution in [0.3, 0.4) is 0 Å². The summed E-state index contributed by atoms with van der Waals surface area (Å²) in [6.45, 7) is 1.99. The van der Waals surface area contributed by atoms with E-state index in [-0.39, 0.29) is 18.3 Å². The fourth-order valence-corrected chi connectivity index (χ4v) is 3.18. The van der Waals surface area contributed by atoms with Crippen LogP contribution in [0.5, 0.6) is 5.75 Å². The van der Waals surface area contributed by atoms with Gasteiger partial charge in [0.05, 0.1) is 6.10 Å². The van der Waals surface area contributed by atoms with Crippen molar-refractivity contribution in [3.05, 3.63) is 24.3 Å². The van der Waals surface area contributed by atoms with E-state index in [1.165, 1.54) is 12.8 Å². The molecule has 1 unspecified atom stereocenters. The number of amides is 1. The van der Waals surface area contributed by atoms with Crippen LogP contribution in [0.15, 0.2) is 24.3 Å². The smallest absolute Gasteiger partial charge is 0.224 e. The predicted molar refractivity (Wildman–Crippen MR) is 90.8 cm³/mol.